The van der Waals surface area contributed by atoms with Crippen LogP contribution in [0.2, 0.25) is 5.02 Å². The number of amides is 2. The summed E-state index contributed by atoms with van der Waals surface area (Å²) in [5.41, 5.74) is 1.44. The second-order valence-corrected chi connectivity index (χ2v) is 8.95. The molecule has 7 heteroatoms. The number of benzene rings is 2. The predicted octanol–water partition coefficient (Wildman–Crippen LogP) is 4.38. The van der Waals surface area contributed by atoms with Gasteiger partial charge in [0.05, 0.1) is 20.1 Å². The standard InChI is InChI=1S/C25H31ClN2O4/c1-16(2)11-12-27-24(29)22-15-28(25(30)17-5-7-18(26)8-6-17)14-21(22)20-10-9-19(31-3)13-23(20)32-4/h5-10,13,16,21-22H,11-12,14-15H2,1-4H3,(H,27,29). The van der Waals surface area contributed by atoms with Gasteiger partial charge >= 0.3 is 0 Å². The minimum absolute atomic E-state index is 0.0417. The van der Waals surface area contributed by atoms with Gasteiger partial charge in [-0.2, -0.15) is 0 Å². The predicted molar refractivity (Wildman–Crippen MR) is 126 cm³/mol. The maximum Gasteiger partial charge on any atom is 0.253 e. The minimum atomic E-state index is -0.374. The van der Waals surface area contributed by atoms with Crippen molar-refractivity contribution >= 4 is 23.4 Å². The second kappa shape index (κ2) is 10.7. The van der Waals surface area contributed by atoms with Crippen molar-refractivity contribution in [2.45, 2.75) is 26.2 Å². The molecular formula is C25H31ClN2O4. The van der Waals surface area contributed by atoms with E-state index < -0.39 is 0 Å². The number of hydrogen-bond acceptors (Lipinski definition) is 4. The summed E-state index contributed by atoms with van der Waals surface area (Å²) >= 11 is 5.97. The number of rotatable bonds is 8. The van der Waals surface area contributed by atoms with Crippen molar-refractivity contribution in [2.75, 3.05) is 33.9 Å². The Labute approximate surface area is 194 Å². The van der Waals surface area contributed by atoms with E-state index in [2.05, 4.69) is 19.2 Å². The summed E-state index contributed by atoms with van der Waals surface area (Å²) in [6, 6.07) is 12.4. The summed E-state index contributed by atoms with van der Waals surface area (Å²) in [5.74, 6) is 1.11. The number of methoxy groups -OCH3 is 2. The van der Waals surface area contributed by atoms with Gasteiger partial charge in [-0.1, -0.05) is 31.5 Å². The lowest BCUT2D eigenvalue weighted by Gasteiger charge is -2.21. The van der Waals surface area contributed by atoms with Crippen LogP contribution in [-0.4, -0.2) is 50.6 Å². The molecule has 2 aromatic carbocycles. The molecule has 0 bridgehead atoms. The summed E-state index contributed by atoms with van der Waals surface area (Å²) in [4.78, 5) is 28.1. The molecule has 1 N–H and O–H groups in total. The summed E-state index contributed by atoms with van der Waals surface area (Å²) in [6.07, 6.45) is 0.905. The van der Waals surface area contributed by atoms with E-state index >= 15 is 0 Å². The minimum Gasteiger partial charge on any atom is -0.497 e. The molecule has 2 unspecified atom stereocenters. The lowest BCUT2D eigenvalue weighted by atomic mass is 9.87. The van der Waals surface area contributed by atoms with Crippen molar-refractivity contribution in [3.63, 3.8) is 0 Å². The number of nitrogens with zero attached hydrogens (tertiary/aromatic N) is 1. The third kappa shape index (κ3) is 5.54. The van der Waals surface area contributed by atoms with Crippen molar-refractivity contribution in [1.82, 2.24) is 10.2 Å². The van der Waals surface area contributed by atoms with Crippen molar-refractivity contribution < 1.29 is 19.1 Å². The Morgan fingerprint density at radius 2 is 1.81 bits per heavy atom. The molecule has 2 atom stereocenters. The maximum absolute atomic E-state index is 13.2. The number of hydrogen-bond donors (Lipinski definition) is 1. The Hall–Kier alpha value is -2.73. The Kier molecular flexibility index (Phi) is 8.02. The molecule has 1 aliphatic heterocycles. The first-order valence-corrected chi connectivity index (χ1v) is 11.3. The molecule has 0 aliphatic carbocycles. The van der Waals surface area contributed by atoms with E-state index in [1.165, 1.54) is 0 Å². The largest absolute Gasteiger partial charge is 0.497 e. The lowest BCUT2D eigenvalue weighted by molar-refractivity contribution is -0.124. The number of likely N-dealkylation sites (tertiary alicyclic amines) is 1. The highest BCUT2D eigenvalue weighted by molar-refractivity contribution is 6.30. The molecule has 0 spiro atoms. The van der Waals surface area contributed by atoms with Crippen LogP contribution in [0.15, 0.2) is 42.5 Å². The van der Waals surface area contributed by atoms with Gasteiger partial charge in [-0.15, -0.1) is 0 Å². The molecule has 0 aromatic heterocycles. The zero-order valence-electron chi connectivity index (χ0n) is 19.1. The first-order chi connectivity index (χ1) is 15.3. The van der Waals surface area contributed by atoms with Gasteiger partial charge in [0.1, 0.15) is 11.5 Å². The highest BCUT2D eigenvalue weighted by atomic mass is 35.5. The van der Waals surface area contributed by atoms with Crippen LogP contribution in [-0.2, 0) is 4.79 Å². The van der Waals surface area contributed by atoms with E-state index in [0.717, 1.165) is 12.0 Å². The summed E-state index contributed by atoms with van der Waals surface area (Å²) in [5, 5.41) is 3.64. The van der Waals surface area contributed by atoms with Crippen LogP contribution < -0.4 is 14.8 Å². The molecule has 172 valence electrons. The van der Waals surface area contributed by atoms with Crippen LogP contribution in [0.3, 0.4) is 0 Å². The zero-order chi connectivity index (χ0) is 23.3. The highest BCUT2D eigenvalue weighted by Gasteiger charge is 2.41. The van der Waals surface area contributed by atoms with Gasteiger partial charge in [0.15, 0.2) is 0 Å². The molecule has 1 aliphatic rings. The summed E-state index contributed by atoms with van der Waals surface area (Å²) in [7, 11) is 3.20. The average Bonchev–Trinajstić information content (AvgIpc) is 3.23. The van der Waals surface area contributed by atoms with Crippen molar-refractivity contribution in [1.29, 1.82) is 0 Å². The van der Waals surface area contributed by atoms with Crippen molar-refractivity contribution in [3.05, 3.63) is 58.6 Å². The van der Waals surface area contributed by atoms with Crippen LogP contribution >= 0.6 is 11.6 Å². The van der Waals surface area contributed by atoms with E-state index in [1.54, 1.807) is 43.4 Å². The number of carbonyl (C=O) groups excluding carboxylic acids is 2. The molecule has 1 heterocycles. The third-order valence-corrected chi connectivity index (χ3v) is 6.15. The lowest BCUT2D eigenvalue weighted by Crippen LogP contribution is -2.36. The third-order valence-electron chi connectivity index (χ3n) is 5.90. The molecule has 1 fully saturated rings. The van der Waals surface area contributed by atoms with E-state index in [4.69, 9.17) is 21.1 Å². The Morgan fingerprint density at radius 3 is 2.44 bits per heavy atom. The van der Waals surface area contributed by atoms with Crippen LogP contribution in [0.5, 0.6) is 11.5 Å². The molecule has 2 aromatic rings. The Balaban J connectivity index is 1.88. The Morgan fingerprint density at radius 1 is 1.09 bits per heavy atom. The average molecular weight is 459 g/mol. The molecular weight excluding hydrogens is 428 g/mol. The molecule has 0 saturated carbocycles. The van der Waals surface area contributed by atoms with Gasteiger partial charge < -0.3 is 19.7 Å². The van der Waals surface area contributed by atoms with Gasteiger partial charge in [-0.3, -0.25) is 9.59 Å². The highest BCUT2D eigenvalue weighted by Crippen LogP contribution is 2.39. The topological polar surface area (TPSA) is 67.9 Å². The van der Waals surface area contributed by atoms with E-state index in [1.807, 2.05) is 18.2 Å². The molecule has 2 amide bonds. The van der Waals surface area contributed by atoms with Crippen LogP contribution in [0.25, 0.3) is 0 Å². The molecule has 32 heavy (non-hydrogen) atoms. The first kappa shape index (κ1) is 23.9. The molecule has 0 radical (unpaired) electrons. The van der Waals surface area contributed by atoms with Gasteiger partial charge in [-0.25, -0.2) is 0 Å². The van der Waals surface area contributed by atoms with Gasteiger partial charge in [0, 0.05) is 47.8 Å². The van der Waals surface area contributed by atoms with Crippen LogP contribution in [0.1, 0.15) is 42.1 Å². The van der Waals surface area contributed by atoms with Gasteiger partial charge in [-0.05, 0) is 42.7 Å². The molecule has 1 saturated heterocycles. The zero-order valence-corrected chi connectivity index (χ0v) is 19.8. The van der Waals surface area contributed by atoms with Gasteiger partial charge in [0.2, 0.25) is 5.91 Å². The van der Waals surface area contributed by atoms with E-state index in [0.29, 0.717) is 47.6 Å². The van der Waals surface area contributed by atoms with Gasteiger partial charge in [0.25, 0.3) is 5.91 Å². The number of ether oxygens (including phenoxy) is 2. The van der Waals surface area contributed by atoms with Crippen molar-refractivity contribution in [3.8, 4) is 11.5 Å². The fourth-order valence-electron chi connectivity index (χ4n) is 4.07. The SMILES string of the molecule is COc1ccc(C2CN(C(=O)c3ccc(Cl)cc3)CC2C(=O)NCCC(C)C)c(OC)c1. The quantitative estimate of drug-likeness (QED) is 0.637. The van der Waals surface area contributed by atoms with Crippen LogP contribution in [0.4, 0.5) is 0 Å². The monoisotopic (exact) mass is 458 g/mol. The number of carbonyl (C=O) groups is 2. The fourth-order valence-corrected chi connectivity index (χ4v) is 4.19. The van der Waals surface area contributed by atoms with E-state index in [-0.39, 0.29) is 23.7 Å². The van der Waals surface area contributed by atoms with Crippen molar-refractivity contribution in [2.24, 2.45) is 11.8 Å². The van der Waals surface area contributed by atoms with E-state index in [9.17, 15) is 9.59 Å². The Bertz CT molecular complexity index is 945. The van der Waals surface area contributed by atoms with Crippen LogP contribution in [0, 0.1) is 11.8 Å². The number of nitrogens with one attached hydrogen (secondary N) is 1. The molecule has 3 rings (SSSR count). The molecule has 6 nitrogen and oxygen atoms in total. The number of halogens is 1. The fraction of sp³-hybridized carbons (Fsp3) is 0.440. The summed E-state index contributed by atoms with van der Waals surface area (Å²) < 4.78 is 10.9. The first-order valence-electron chi connectivity index (χ1n) is 10.9. The summed E-state index contributed by atoms with van der Waals surface area (Å²) in [6.45, 7) is 5.63. The smallest absolute Gasteiger partial charge is 0.253 e. The maximum atomic E-state index is 13.2. The normalized spacial score (nSPS) is 18.0. The second-order valence-electron chi connectivity index (χ2n) is 8.51.